The Bertz CT molecular complexity index is 536. The first-order chi connectivity index (χ1) is 10.1. The van der Waals surface area contributed by atoms with Crippen LogP contribution in [-0.2, 0) is 16.6 Å². The van der Waals surface area contributed by atoms with Gasteiger partial charge in [0.1, 0.15) is 0 Å². The fourth-order valence-corrected chi connectivity index (χ4v) is 5.11. The summed E-state index contributed by atoms with van der Waals surface area (Å²) in [7, 11) is -3.31. The summed E-state index contributed by atoms with van der Waals surface area (Å²) in [6.07, 6.45) is 4.29. The first-order valence-corrected chi connectivity index (χ1v) is 10.2. The van der Waals surface area contributed by atoms with Crippen LogP contribution in [0.3, 0.4) is 0 Å². The lowest BCUT2D eigenvalue weighted by atomic mass is 10.4. The summed E-state index contributed by atoms with van der Waals surface area (Å²) in [5.74, 6) is 0.579. The fourth-order valence-electron chi connectivity index (χ4n) is 2.27. The van der Waals surface area contributed by atoms with Gasteiger partial charge in [-0.1, -0.05) is 13.8 Å². The van der Waals surface area contributed by atoms with Crippen LogP contribution in [0.15, 0.2) is 16.3 Å². The minimum absolute atomic E-state index is 0.467. The Morgan fingerprint density at radius 3 is 2.71 bits per heavy atom. The van der Waals surface area contributed by atoms with E-state index in [2.05, 4.69) is 12.2 Å². The predicted molar refractivity (Wildman–Crippen MR) is 88.1 cm³/mol. The van der Waals surface area contributed by atoms with Crippen molar-refractivity contribution in [2.75, 3.05) is 19.6 Å². The molecule has 0 aromatic carbocycles. The first kappa shape index (κ1) is 16.9. The van der Waals surface area contributed by atoms with E-state index in [1.807, 2.05) is 13.0 Å². The SMILES string of the molecule is CCCNCc1cc(S(=O)(=O)N(CCC)CC2CC2)cs1. The molecule has 0 atom stereocenters. The summed E-state index contributed by atoms with van der Waals surface area (Å²) in [5.41, 5.74) is 0. The molecule has 2 rings (SSSR count). The molecule has 1 aromatic heterocycles. The highest BCUT2D eigenvalue weighted by molar-refractivity contribution is 7.89. The third-order valence-corrected chi connectivity index (χ3v) is 6.55. The zero-order chi connectivity index (χ0) is 15.3. The molecule has 1 aliphatic rings. The van der Waals surface area contributed by atoms with Gasteiger partial charge in [0, 0.05) is 29.9 Å². The zero-order valence-electron chi connectivity index (χ0n) is 13.0. The predicted octanol–water partition coefficient (Wildman–Crippen LogP) is 3.06. The smallest absolute Gasteiger partial charge is 0.243 e. The lowest BCUT2D eigenvalue weighted by molar-refractivity contribution is 0.396. The van der Waals surface area contributed by atoms with Crippen molar-refractivity contribution in [3.05, 3.63) is 16.3 Å². The van der Waals surface area contributed by atoms with Crippen LogP contribution in [-0.4, -0.2) is 32.4 Å². The molecule has 21 heavy (non-hydrogen) atoms. The molecule has 0 unspecified atom stereocenters. The van der Waals surface area contributed by atoms with Crippen LogP contribution in [0.5, 0.6) is 0 Å². The lowest BCUT2D eigenvalue weighted by Gasteiger charge is -2.20. The summed E-state index contributed by atoms with van der Waals surface area (Å²) < 4.78 is 27.2. The maximum absolute atomic E-state index is 12.7. The second kappa shape index (κ2) is 7.72. The number of thiophene rings is 1. The Morgan fingerprint density at radius 2 is 2.10 bits per heavy atom. The van der Waals surface area contributed by atoms with Gasteiger partial charge in [-0.25, -0.2) is 8.42 Å². The van der Waals surface area contributed by atoms with E-state index in [0.717, 1.165) is 30.8 Å². The highest BCUT2D eigenvalue weighted by Gasteiger charge is 2.31. The summed E-state index contributed by atoms with van der Waals surface area (Å²) in [4.78, 5) is 1.56. The zero-order valence-corrected chi connectivity index (χ0v) is 14.6. The molecule has 0 amide bonds. The Morgan fingerprint density at radius 1 is 1.33 bits per heavy atom. The number of nitrogens with one attached hydrogen (secondary N) is 1. The van der Waals surface area contributed by atoms with Crippen LogP contribution in [0.2, 0.25) is 0 Å². The van der Waals surface area contributed by atoms with Crippen LogP contribution in [0.25, 0.3) is 0 Å². The van der Waals surface area contributed by atoms with Crippen molar-refractivity contribution in [3.63, 3.8) is 0 Å². The second-order valence-corrected chi connectivity index (χ2v) is 8.67. The van der Waals surface area contributed by atoms with E-state index in [1.165, 1.54) is 24.2 Å². The van der Waals surface area contributed by atoms with E-state index in [1.54, 1.807) is 9.69 Å². The number of rotatable bonds is 10. The van der Waals surface area contributed by atoms with Gasteiger partial charge in [-0.2, -0.15) is 4.31 Å². The van der Waals surface area contributed by atoms with Crippen LogP contribution in [0, 0.1) is 5.92 Å². The summed E-state index contributed by atoms with van der Waals surface area (Å²) in [5, 5.41) is 5.10. The van der Waals surface area contributed by atoms with Gasteiger partial charge >= 0.3 is 0 Å². The highest BCUT2D eigenvalue weighted by Crippen LogP contribution is 2.32. The van der Waals surface area contributed by atoms with Crippen molar-refractivity contribution in [2.24, 2.45) is 5.92 Å². The Balaban J connectivity index is 2.05. The van der Waals surface area contributed by atoms with Crippen molar-refractivity contribution in [1.82, 2.24) is 9.62 Å². The standard InChI is InChI=1S/C15H26N2O2S2/c1-3-7-16-10-14-9-15(12-20-14)21(18,19)17(8-4-2)11-13-5-6-13/h9,12-13,16H,3-8,10-11H2,1-2H3. The fraction of sp³-hybridized carbons (Fsp3) is 0.733. The van der Waals surface area contributed by atoms with E-state index in [-0.39, 0.29) is 0 Å². The van der Waals surface area contributed by atoms with Crippen LogP contribution < -0.4 is 5.32 Å². The van der Waals surface area contributed by atoms with Gasteiger partial charge in [0.05, 0.1) is 4.90 Å². The monoisotopic (exact) mass is 330 g/mol. The largest absolute Gasteiger partial charge is 0.312 e. The molecular formula is C15H26N2O2S2. The van der Waals surface area contributed by atoms with Gasteiger partial charge in [-0.15, -0.1) is 11.3 Å². The summed E-state index contributed by atoms with van der Waals surface area (Å²) >= 11 is 1.53. The molecule has 1 aliphatic carbocycles. The van der Waals surface area contributed by atoms with Crippen molar-refractivity contribution >= 4 is 21.4 Å². The third-order valence-electron chi connectivity index (χ3n) is 3.63. The van der Waals surface area contributed by atoms with Gasteiger partial charge in [0.25, 0.3) is 0 Å². The number of sulfonamides is 1. The molecule has 0 radical (unpaired) electrons. The Labute approximate surface area is 132 Å². The molecule has 120 valence electrons. The summed E-state index contributed by atoms with van der Waals surface area (Å²) in [6, 6.07) is 1.83. The van der Waals surface area contributed by atoms with Crippen LogP contribution >= 0.6 is 11.3 Å². The highest BCUT2D eigenvalue weighted by atomic mass is 32.2. The lowest BCUT2D eigenvalue weighted by Crippen LogP contribution is -2.33. The summed E-state index contributed by atoms with van der Waals surface area (Å²) in [6.45, 7) is 7.18. The van der Waals surface area contributed by atoms with Gasteiger partial charge in [-0.3, -0.25) is 0 Å². The third kappa shape index (κ3) is 4.77. The molecule has 4 nitrogen and oxygen atoms in total. The van der Waals surface area contributed by atoms with Gasteiger partial charge < -0.3 is 5.32 Å². The Hall–Kier alpha value is -0.430. The minimum atomic E-state index is -3.31. The van der Waals surface area contributed by atoms with E-state index in [0.29, 0.717) is 23.9 Å². The average Bonchev–Trinajstić information content (AvgIpc) is 3.14. The molecule has 0 aliphatic heterocycles. The van der Waals surface area contributed by atoms with E-state index in [9.17, 15) is 8.42 Å². The van der Waals surface area contributed by atoms with Crippen molar-refractivity contribution < 1.29 is 8.42 Å². The molecule has 1 N–H and O–H groups in total. The van der Waals surface area contributed by atoms with Crippen molar-refractivity contribution in [2.45, 2.75) is 51.0 Å². The molecule has 0 bridgehead atoms. The second-order valence-electron chi connectivity index (χ2n) is 5.73. The molecule has 1 fully saturated rings. The van der Waals surface area contributed by atoms with E-state index < -0.39 is 10.0 Å². The number of hydrogen-bond acceptors (Lipinski definition) is 4. The molecule has 1 saturated carbocycles. The minimum Gasteiger partial charge on any atom is -0.312 e. The van der Waals surface area contributed by atoms with Crippen LogP contribution in [0.1, 0.15) is 44.4 Å². The number of nitrogens with zero attached hydrogens (tertiary/aromatic N) is 1. The average molecular weight is 331 g/mol. The maximum atomic E-state index is 12.7. The molecule has 0 spiro atoms. The van der Waals surface area contributed by atoms with E-state index >= 15 is 0 Å². The van der Waals surface area contributed by atoms with E-state index in [4.69, 9.17) is 0 Å². The molecular weight excluding hydrogens is 304 g/mol. The molecule has 6 heteroatoms. The van der Waals surface area contributed by atoms with Crippen molar-refractivity contribution in [1.29, 1.82) is 0 Å². The Kier molecular flexibility index (Phi) is 6.22. The molecule has 0 saturated heterocycles. The van der Waals surface area contributed by atoms with Gasteiger partial charge in [0.2, 0.25) is 10.0 Å². The number of hydrogen-bond donors (Lipinski definition) is 1. The van der Waals surface area contributed by atoms with Gasteiger partial charge in [0.15, 0.2) is 0 Å². The van der Waals surface area contributed by atoms with Crippen molar-refractivity contribution in [3.8, 4) is 0 Å². The normalized spacial score (nSPS) is 15.8. The maximum Gasteiger partial charge on any atom is 0.243 e. The first-order valence-electron chi connectivity index (χ1n) is 7.86. The quantitative estimate of drug-likeness (QED) is 0.671. The topological polar surface area (TPSA) is 49.4 Å². The van der Waals surface area contributed by atoms with Crippen LogP contribution in [0.4, 0.5) is 0 Å². The van der Waals surface area contributed by atoms with Gasteiger partial charge in [-0.05, 0) is 44.2 Å². The molecule has 1 heterocycles. The molecule has 1 aromatic rings.